The summed E-state index contributed by atoms with van der Waals surface area (Å²) in [5.41, 5.74) is -1.21. The first-order valence-corrected chi connectivity index (χ1v) is 4.85. The average Bonchev–Trinajstić information content (AvgIpc) is 2.13. The van der Waals surface area contributed by atoms with Crippen molar-refractivity contribution in [3.05, 3.63) is 11.8 Å². The Bertz CT molecular complexity index is 393. The maximum Gasteiger partial charge on any atom is 0.460 e. The van der Waals surface area contributed by atoms with Gasteiger partial charge in [-0.15, -0.1) is 0 Å². The van der Waals surface area contributed by atoms with E-state index in [1.807, 2.05) is 0 Å². The molecule has 0 aliphatic carbocycles. The van der Waals surface area contributed by atoms with Crippen LogP contribution in [0.3, 0.4) is 0 Å². The molecule has 119 valence electrons. The van der Waals surface area contributed by atoms with E-state index in [4.69, 9.17) is 5.11 Å². The number of alkyl halides is 7. The van der Waals surface area contributed by atoms with Gasteiger partial charge in [0.05, 0.1) is 11.5 Å². The molecular formula is C10H12EuF7O2+. The first-order chi connectivity index (χ1) is 8.05. The van der Waals surface area contributed by atoms with E-state index in [2.05, 4.69) is 0 Å². The minimum Gasteiger partial charge on any atom is -0.506 e. The van der Waals surface area contributed by atoms with E-state index < -0.39 is 35.0 Å². The smallest absolute Gasteiger partial charge is 0.460 e. The molecule has 2 N–H and O–H groups in total. The topological polar surface area (TPSA) is 41.6 Å². The number of rotatable bonds is 3. The van der Waals surface area contributed by atoms with Gasteiger partial charge in [-0.2, -0.15) is 30.7 Å². The van der Waals surface area contributed by atoms with E-state index in [0.29, 0.717) is 0 Å². The maximum absolute atomic E-state index is 12.9. The largest absolute Gasteiger partial charge is 0.506 e. The van der Waals surface area contributed by atoms with Gasteiger partial charge < -0.3 is 5.11 Å². The molecule has 0 unspecified atom stereocenters. The van der Waals surface area contributed by atoms with Crippen LogP contribution in [-0.2, 0) is 0 Å². The van der Waals surface area contributed by atoms with Crippen molar-refractivity contribution in [1.29, 1.82) is 0 Å². The van der Waals surface area contributed by atoms with Crippen LogP contribution in [0.1, 0.15) is 20.8 Å². The molecular weight excluding hydrogens is 437 g/mol. The van der Waals surface area contributed by atoms with Gasteiger partial charge in [-0.25, -0.2) is 0 Å². The third kappa shape index (κ3) is 4.66. The monoisotopic (exact) mass is 450 g/mol. The van der Waals surface area contributed by atoms with Crippen molar-refractivity contribution in [3.8, 4) is 0 Å². The normalized spacial score (nSPS) is 14.8. The summed E-state index contributed by atoms with van der Waals surface area (Å²) < 4.78 is 86.4. The average molecular weight is 449 g/mol. The fourth-order valence-electron chi connectivity index (χ4n) is 0.776. The van der Waals surface area contributed by atoms with Gasteiger partial charge in [0.2, 0.25) is 0 Å². The van der Waals surface area contributed by atoms with Crippen molar-refractivity contribution in [2.75, 3.05) is 0 Å². The number of halogens is 7. The number of carbonyl (C=O) groups excluding carboxylic acids is 1. The van der Waals surface area contributed by atoms with Gasteiger partial charge in [0.1, 0.15) is 0 Å². The third-order valence-corrected chi connectivity index (χ3v) is 2.11. The van der Waals surface area contributed by atoms with E-state index >= 15 is 0 Å². The van der Waals surface area contributed by atoms with Crippen LogP contribution in [0.5, 0.6) is 0 Å². The summed E-state index contributed by atoms with van der Waals surface area (Å²) in [6, 6.07) is 0. The molecule has 0 saturated carbocycles. The summed E-state index contributed by atoms with van der Waals surface area (Å²) in [7, 11) is 0. The third-order valence-electron chi connectivity index (χ3n) is 2.11. The molecule has 0 bridgehead atoms. The summed E-state index contributed by atoms with van der Waals surface area (Å²) in [5.74, 6) is -15.9. The molecule has 0 spiro atoms. The number of ketones is 1. The van der Waals surface area contributed by atoms with Crippen LogP contribution in [0.4, 0.5) is 30.7 Å². The molecule has 0 fully saturated rings. The molecule has 0 aliphatic rings. The Morgan fingerprint density at radius 3 is 1.55 bits per heavy atom. The Hall–Kier alpha value is 0.304. The molecule has 0 aromatic carbocycles. The zero-order valence-corrected chi connectivity index (χ0v) is 12.9. The predicted octanol–water partition coefficient (Wildman–Crippen LogP) is 3.85. The van der Waals surface area contributed by atoms with Crippen LogP contribution in [0.25, 0.3) is 0 Å². The quantitative estimate of drug-likeness (QED) is 0.303. The molecule has 0 saturated heterocycles. The summed E-state index contributed by atoms with van der Waals surface area (Å²) in [4.78, 5) is 9.21. The van der Waals surface area contributed by atoms with Gasteiger partial charge in [0.15, 0.2) is 5.76 Å². The zero-order chi connectivity index (χ0) is 15.9. The van der Waals surface area contributed by atoms with E-state index in [-0.39, 0.29) is 55.5 Å². The van der Waals surface area contributed by atoms with Crippen molar-refractivity contribution < 1.29 is 90.0 Å². The van der Waals surface area contributed by atoms with Gasteiger partial charge in [0.25, 0.3) is 0 Å². The minimum atomic E-state index is -6.55. The first kappa shape index (κ1) is 22.6. The van der Waals surface area contributed by atoms with Crippen molar-refractivity contribution >= 4 is 5.78 Å². The van der Waals surface area contributed by atoms with E-state index in [1.165, 1.54) is 20.8 Å². The van der Waals surface area contributed by atoms with Gasteiger partial charge in [-0.1, -0.05) is 0 Å². The van der Waals surface area contributed by atoms with Gasteiger partial charge in [-0.05, 0) is 20.8 Å². The molecule has 0 aromatic heterocycles. The van der Waals surface area contributed by atoms with Crippen molar-refractivity contribution in [2.45, 2.75) is 38.8 Å². The molecule has 1 radical (unpaired) electrons. The summed E-state index contributed by atoms with van der Waals surface area (Å²) in [5, 5.41) is 8.76. The van der Waals surface area contributed by atoms with E-state index in [9.17, 15) is 35.5 Å². The molecule has 0 aliphatic heterocycles. The predicted molar refractivity (Wildman–Crippen MR) is 53.1 cm³/mol. The second-order valence-corrected chi connectivity index (χ2v) is 4.81. The number of hydrogen-bond acceptors (Lipinski definition) is 1. The van der Waals surface area contributed by atoms with Crippen LogP contribution in [0.15, 0.2) is 11.8 Å². The Morgan fingerprint density at radius 2 is 1.30 bits per heavy atom. The van der Waals surface area contributed by atoms with Crippen LogP contribution < -0.4 is 0 Å². The molecule has 10 heteroatoms. The van der Waals surface area contributed by atoms with Gasteiger partial charge in [0, 0.05) is 49.4 Å². The SMILES string of the molecule is CC(C)(C)C(=[OH+])/C=C(\O)C(F)(F)C(F)(F)C(F)(F)F.[Eu]. The first-order valence-electron chi connectivity index (χ1n) is 4.85. The van der Waals surface area contributed by atoms with Crippen molar-refractivity contribution in [3.63, 3.8) is 0 Å². The van der Waals surface area contributed by atoms with Crippen LogP contribution in [0, 0.1) is 54.8 Å². The molecule has 0 rings (SSSR count). The second-order valence-electron chi connectivity index (χ2n) is 4.81. The minimum absolute atomic E-state index is 0. The molecule has 20 heavy (non-hydrogen) atoms. The molecule has 0 atom stereocenters. The standard InChI is InChI=1S/C10H11F7O2.Eu/c1-7(2,3)5(18)4-6(19)8(11,12)9(13,14)10(15,16)17;/h4,19H,1-3H3;/p+1/b6-4-;. The number of hydrogen-bond donors (Lipinski definition) is 1. The zero-order valence-electron chi connectivity index (χ0n) is 10.5. The Labute approximate surface area is 150 Å². The van der Waals surface area contributed by atoms with Gasteiger partial charge >= 0.3 is 23.8 Å². The second kappa shape index (κ2) is 6.60. The number of aliphatic hydroxyl groups excluding tert-OH is 1. The van der Waals surface area contributed by atoms with Crippen molar-refractivity contribution in [1.82, 2.24) is 0 Å². The Morgan fingerprint density at radius 1 is 0.950 bits per heavy atom. The Balaban J connectivity index is 0. The molecule has 0 heterocycles. The molecule has 0 amide bonds. The molecule has 0 aromatic rings. The number of allylic oxidation sites excluding steroid dienone is 2. The van der Waals surface area contributed by atoms with Crippen LogP contribution in [-0.4, -0.2) is 33.7 Å². The van der Waals surface area contributed by atoms with Crippen molar-refractivity contribution in [2.24, 2.45) is 5.41 Å². The fourth-order valence-corrected chi connectivity index (χ4v) is 0.776. The summed E-state index contributed by atoms with van der Waals surface area (Å²) in [6.07, 6.45) is -6.75. The summed E-state index contributed by atoms with van der Waals surface area (Å²) >= 11 is 0. The fraction of sp³-hybridized carbons (Fsp3) is 0.700. The maximum atomic E-state index is 12.9. The number of aliphatic hydroxyl groups is 1. The van der Waals surface area contributed by atoms with Gasteiger partial charge in [-0.3, -0.25) is 4.79 Å². The Kier molecular flexibility index (Phi) is 7.45. The molecule has 2 nitrogen and oxygen atoms in total. The van der Waals surface area contributed by atoms with E-state index in [1.54, 1.807) is 0 Å². The van der Waals surface area contributed by atoms with Crippen LogP contribution in [0.2, 0.25) is 0 Å². The van der Waals surface area contributed by atoms with Crippen LogP contribution >= 0.6 is 0 Å². The summed E-state index contributed by atoms with van der Waals surface area (Å²) in [6.45, 7) is 3.81. The van der Waals surface area contributed by atoms with E-state index in [0.717, 1.165) is 0 Å².